The second-order valence-electron chi connectivity index (χ2n) is 3.53. The zero-order chi connectivity index (χ0) is 12.5. The average molecular weight is 241 g/mol. The van der Waals surface area contributed by atoms with Gasteiger partial charge in [-0.1, -0.05) is 0 Å². The van der Waals surface area contributed by atoms with Crippen molar-refractivity contribution in [3.05, 3.63) is 42.6 Å². The van der Waals surface area contributed by atoms with E-state index in [9.17, 15) is 4.79 Å². The third-order valence-corrected chi connectivity index (χ3v) is 2.40. The van der Waals surface area contributed by atoms with Crippen molar-refractivity contribution >= 4 is 11.6 Å². The van der Waals surface area contributed by atoms with Crippen LogP contribution in [0.4, 0.5) is 0 Å². The van der Waals surface area contributed by atoms with Crippen molar-refractivity contribution in [2.45, 2.75) is 0 Å². The van der Waals surface area contributed by atoms with E-state index in [1.807, 2.05) is 0 Å². The quantitative estimate of drug-likeness (QED) is 0.716. The van der Waals surface area contributed by atoms with Crippen LogP contribution in [0.3, 0.4) is 0 Å². The number of aromatic carboxylic acids is 1. The summed E-state index contributed by atoms with van der Waals surface area (Å²) < 4.78 is 1.44. The average Bonchev–Trinajstić information content (AvgIpc) is 2.83. The molecule has 0 radical (unpaired) electrons. The fourth-order valence-corrected chi connectivity index (χ4v) is 1.63. The number of nitrogens with zero attached hydrogens (tertiary/aromatic N) is 5. The Kier molecular flexibility index (Phi) is 2.23. The Morgan fingerprint density at radius 2 is 2.11 bits per heavy atom. The molecular formula is C11H7N5O2. The Bertz CT molecular complexity index is 723. The Labute approximate surface area is 101 Å². The SMILES string of the molecule is O=C(O)c1cc2nccc(-c3cnccn3)n2n1. The lowest BCUT2D eigenvalue weighted by atomic mass is 10.3. The van der Waals surface area contributed by atoms with Crippen LogP contribution in [0.25, 0.3) is 17.0 Å². The van der Waals surface area contributed by atoms with E-state index in [1.165, 1.54) is 10.6 Å². The van der Waals surface area contributed by atoms with Crippen LogP contribution in [0.1, 0.15) is 10.5 Å². The molecule has 88 valence electrons. The molecule has 0 aliphatic heterocycles. The minimum Gasteiger partial charge on any atom is -0.476 e. The van der Waals surface area contributed by atoms with E-state index < -0.39 is 5.97 Å². The first-order valence-electron chi connectivity index (χ1n) is 5.10. The highest BCUT2D eigenvalue weighted by Gasteiger charge is 2.13. The summed E-state index contributed by atoms with van der Waals surface area (Å²) in [5, 5.41) is 12.9. The molecule has 0 spiro atoms. The van der Waals surface area contributed by atoms with Gasteiger partial charge in [-0.15, -0.1) is 0 Å². The molecule has 0 fully saturated rings. The largest absolute Gasteiger partial charge is 0.476 e. The maximum Gasteiger partial charge on any atom is 0.356 e. The maximum absolute atomic E-state index is 10.9. The van der Waals surface area contributed by atoms with Gasteiger partial charge in [-0.25, -0.2) is 14.3 Å². The van der Waals surface area contributed by atoms with Crippen molar-refractivity contribution in [3.63, 3.8) is 0 Å². The monoisotopic (exact) mass is 241 g/mol. The first-order valence-corrected chi connectivity index (χ1v) is 5.10. The van der Waals surface area contributed by atoms with E-state index in [0.717, 1.165) is 0 Å². The van der Waals surface area contributed by atoms with Gasteiger partial charge in [0.05, 0.1) is 11.9 Å². The molecule has 1 N–H and O–H groups in total. The lowest BCUT2D eigenvalue weighted by Crippen LogP contribution is -2.00. The number of carboxylic acids is 1. The van der Waals surface area contributed by atoms with E-state index in [-0.39, 0.29) is 5.69 Å². The van der Waals surface area contributed by atoms with Crippen molar-refractivity contribution in [2.75, 3.05) is 0 Å². The molecule has 0 unspecified atom stereocenters. The Morgan fingerprint density at radius 1 is 1.22 bits per heavy atom. The smallest absolute Gasteiger partial charge is 0.356 e. The summed E-state index contributed by atoms with van der Waals surface area (Å²) in [6, 6.07) is 3.11. The molecule has 18 heavy (non-hydrogen) atoms. The molecule has 0 aliphatic rings. The van der Waals surface area contributed by atoms with Gasteiger partial charge >= 0.3 is 5.97 Å². The summed E-state index contributed by atoms with van der Waals surface area (Å²) in [7, 11) is 0. The fourth-order valence-electron chi connectivity index (χ4n) is 1.63. The van der Waals surface area contributed by atoms with Gasteiger partial charge in [0.15, 0.2) is 11.3 Å². The Morgan fingerprint density at radius 3 is 2.83 bits per heavy atom. The van der Waals surface area contributed by atoms with Gasteiger partial charge in [-0.05, 0) is 6.07 Å². The highest BCUT2D eigenvalue weighted by molar-refractivity contribution is 5.86. The molecule has 0 aromatic carbocycles. The second-order valence-corrected chi connectivity index (χ2v) is 3.53. The van der Waals surface area contributed by atoms with Crippen LogP contribution in [0.2, 0.25) is 0 Å². The predicted molar refractivity (Wildman–Crippen MR) is 61.0 cm³/mol. The van der Waals surface area contributed by atoms with Crippen molar-refractivity contribution in [3.8, 4) is 11.4 Å². The highest BCUT2D eigenvalue weighted by Crippen LogP contribution is 2.16. The standard InChI is InChI=1S/C11H7N5O2/c17-11(18)7-5-10-14-2-1-9(16(10)15-7)8-6-12-3-4-13-8/h1-6H,(H,17,18). The minimum atomic E-state index is -1.09. The predicted octanol–water partition coefficient (Wildman–Crippen LogP) is 0.884. The van der Waals surface area contributed by atoms with Crippen LogP contribution < -0.4 is 0 Å². The summed E-state index contributed by atoms with van der Waals surface area (Å²) in [6.45, 7) is 0. The first kappa shape index (κ1) is 10.3. The van der Waals surface area contributed by atoms with Gasteiger partial charge in [-0.3, -0.25) is 9.97 Å². The molecule has 0 saturated carbocycles. The zero-order valence-electron chi connectivity index (χ0n) is 9.06. The lowest BCUT2D eigenvalue weighted by molar-refractivity contribution is 0.0690. The van der Waals surface area contributed by atoms with E-state index in [0.29, 0.717) is 17.0 Å². The number of carbonyl (C=O) groups is 1. The third kappa shape index (κ3) is 1.58. The van der Waals surface area contributed by atoms with Crippen LogP contribution in [0.15, 0.2) is 36.9 Å². The maximum atomic E-state index is 10.9. The molecule has 7 nitrogen and oxygen atoms in total. The van der Waals surface area contributed by atoms with Gasteiger partial charge in [-0.2, -0.15) is 5.10 Å². The number of rotatable bonds is 2. The van der Waals surface area contributed by atoms with Crippen LogP contribution in [0, 0.1) is 0 Å². The summed E-state index contributed by atoms with van der Waals surface area (Å²) in [6.07, 6.45) is 6.28. The van der Waals surface area contributed by atoms with Gasteiger partial charge < -0.3 is 5.11 Å². The van der Waals surface area contributed by atoms with Crippen LogP contribution in [-0.4, -0.2) is 35.6 Å². The Balaban J connectivity index is 2.27. The highest BCUT2D eigenvalue weighted by atomic mass is 16.4. The second kappa shape index (κ2) is 3.88. The van der Waals surface area contributed by atoms with E-state index in [2.05, 4.69) is 20.1 Å². The van der Waals surface area contributed by atoms with Gasteiger partial charge in [0.1, 0.15) is 5.69 Å². The molecular weight excluding hydrogens is 234 g/mol. The summed E-state index contributed by atoms with van der Waals surface area (Å²) in [5.74, 6) is -1.09. The number of carboxylic acid groups (broad SMARTS) is 1. The van der Waals surface area contributed by atoms with Crippen molar-refractivity contribution < 1.29 is 9.90 Å². The fraction of sp³-hybridized carbons (Fsp3) is 0. The van der Waals surface area contributed by atoms with Gasteiger partial charge in [0.25, 0.3) is 0 Å². The molecule has 3 rings (SSSR count). The molecule has 0 aliphatic carbocycles. The molecule has 0 saturated heterocycles. The molecule has 0 amide bonds. The summed E-state index contributed by atoms with van der Waals surface area (Å²) >= 11 is 0. The molecule has 3 heterocycles. The van der Waals surface area contributed by atoms with E-state index in [1.54, 1.807) is 30.9 Å². The number of aromatic nitrogens is 5. The van der Waals surface area contributed by atoms with Crippen molar-refractivity contribution in [2.24, 2.45) is 0 Å². The van der Waals surface area contributed by atoms with Crippen LogP contribution in [-0.2, 0) is 0 Å². The molecule has 0 atom stereocenters. The van der Waals surface area contributed by atoms with E-state index in [4.69, 9.17) is 5.11 Å². The summed E-state index contributed by atoms with van der Waals surface area (Å²) in [4.78, 5) is 23.1. The van der Waals surface area contributed by atoms with E-state index >= 15 is 0 Å². The lowest BCUT2D eigenvalue weighted by Gasteiger charge is -2.01. The van der Waals surface area contributed by atoms with Gasteiger partial charge in [0.2, 0.25) is 0 Å². The molecule has 0 bridgehead atoms. The molecule has 7 heteroatoms. The first-order chi connectivity index (χ1) is 8.75. The minimum absolute atomic E-state index is 0.0566. The third-order valence-electron chi connectivity index (χ3n) is 2.40. The molecule has 3 aromatic heterocycles. The number of fused-ring (bicyclic) bond motifs is 1. The zero-order valence-corrected chi connectivity index (χ0v) is 9.06. The van der Waals surface area contributed by atoms with Crippen LogP contribution >= 0.6 is 0 Å². The van der Waals surface area contributed by atoms with Crippen LogP contribution in [0.5, 0.6) is 0 Å². The van der Waals surface area contributed by atoms with Crippen molar-refractivity contribution in [1.29, 1.82) is 0 Å². The normalized spacial score (nSPS) is 10.7. The Hall–Kier alpha value is -2.83. The summed E-state index contributed by atoms with van der Waals surface area (Å²) in [5.41, 5.74) is 1.64. The number of hydrogen-bond donors (Lipinski definition) is 1. The topological polar surface area (TPSA) is 93.3 Å². The van der Waals surface area contributed by atoms with Gasteiger partial charge in [0, 0.05) is 24.7 Å². The number of hydrogen-bond acceptors (Lipinski definition) is 5. The van der Waals surface area contributed by atoms with Crippen molar-refractivity contribution in [1.82, 2.24) is 24.6 Å². The molecule has 3 aromatic rings.